The Balaban J connectivity index is 3.16. The van der Waals surface area contributed by atoms with E-state index < -0.39 is 16.5 Å². The van der Waals surface area contributed by atoms with Crippen LogP contribution in [0.1, 0.15) is 5.56 Å². The topological polar surface area (TPSA) is 104 Å². The van der Waals surface area contributed by atoms with Crippen molar-refractivity contribution >= 4 is 17.7 Å². The highest BCUT2D eigenvalue weighted by Crippen LogP contribution is 2.15. The first-order valence-electron chi connectivity index (χ1n) is 4.14. The Morgan fingerprint density at radius 1 is 1.56 bits per heavy atom. The van der Waals surface area contributed by atoms with Crippen molar-refractivity contribution in [1.29, 1.82) is 5.26 Å². The molecule has 6 heteroatoms. The van der Waals surface area contributed by atoms with E-state index in [0.29, 0.717) is 5.56 Å². The molecule has 0 fully saturated rings. The van der Waals surface area contributed by atoms with Gasteiger partial charge in [0, 0.05) is 12.1 Å². The molecular formula is C10H6N2O4. The summed E-state index contributed by atoms with van der Waals surface area (Å²) in [6.45, 7) is 0. The fourth-order valence-electron chi connectivity index (χ4n) is 1.04. The SMILES string of the molecule is N#C/C(=C\c1cccc([N+](=O)[O-])c1)C(=O)O. The molecule has 1 N–H and O–H groups in total. The molecule has 0 saturated carbocycles. The second-order valence-electron chi connectivity index (χ2n) is 2.83. The number of nitro groups is 1. The van der Waals surface area contributed by atoms with E-state index in [2.05, 4.69) is 0 Å². The van der Waals surface area contributed by atoms with Crippen LogP contribution in [-0.4, -0.2) is 16.0 Å². The Labute approximate surface area is 90.2 Å². The van der Waals surface area contributed by atoms with Gasteiger partial charge in [-0.1, -0.05) is 12.1 Å². The van der Waals surface area contributed by atoms with Crippen LogP contribution < -0.4 is 0 Å². The molecule has 0 amide bonds. The molecule has 16 heavy (non-hydrogen) atoms. The van der Waals surface area contributed by atoms with Crippen LogP contribution in [0.5, 0.6) is 0 Å². The minimum Gasteiger partial charge on any atom is -0.477 e. The summed E-state index contributed by atoms with van der Waals surface area (Å²) in [6, 6.07) is 6.86. The average Bonchev–Trinajstić information content (AvgIpc) is 2.25. The largest absolute Gasteiger partial charge is 0.477 e. The molecule has 0 aliphatic rings. The molecule has 0 spiro atoms. The third-order valence-corrected chi connectivity index (χ3v) is 1.74. The van der Waals surface area contributed by atoms with Gasteiger partial charge in [0.25, 0.3) is 5.69 Å². The minimum absolute atomic E-state index is 0.156. The number of hydrogen-bond donors (Lipinski definition) is 1. The van der Waals surface area contributed by atoms with Crippen LogP contribution in [-0.2, 0) is 4.79 Å². The first kappa shape index (κ1) is 11.4. The zero-order valence-electron chi connectivity index (χ0n) is 7.95. The highest BCUT2D eigenvalue weighted by atomic mass is 16.6. The zero-order valence-corrected chi connectivity index (χ0v) is 7.95. The molecule has 1 aromatic carbocycles. The Kier molecular flexibility index (Phi) is 3.35. The number of carboxylic acid groups (broad SMARTS) is 1. The Morgan fingerprint density at radius 3 is 2.75 bits per heavy atom. The molecular weight excluding hydrogens is 212 g/mol. The lowest BCUT2D eigenvalue weighted by Gasteiger charge is -1.94. The van der Waals surface area contributed by atoms with Gasteiger partial charge in [0.15, 0.2) is 0 Å². The van der Waals surface area contributed by atoms with Crippen molar-refractivity contribution < 1.29 is 14.8 Å². The van der Waals surface area contributed by atoms with Crippen molar-refractivity contribution in [3.63, 3.8) is 0 Å². The van der Waals surface area contributed by atoms with Crippen LogP contribution in [0.15, 0.2) is 29.8 Å². The monoisotopic (exact) mass is 218 g/mol. The van der Waals surface area contributed by atoms with Gasteiger partial charge in [0.2, 0.25) is 0 Å². The van der Waals surface area contributed by atoms with E-state index in [1.54, 1.807) is 0 Å². The van der Waals surface area contributed by atoms with Gasteiger partial charge in [-0.15, -0.1) is 0 Å². The number of benzene rings is 1. The molecule has 0 aliphatic carbocycles. The van der Waals surface area contributed by atoms with Gasteiger partial charge >= 0.3 is 5.97 Å². The molecule has 6 nitrogen and oxygen atoms in total. The third kappa shape index (κ3) is 2.65. The molecule has 0 unspecified atom stereocenters. The van der Waals surface area contributed by atoms with Gasteiger partial charge in [-0.25, -0.2) is 4.79 Å². The summed E-state index contributed by atoms with van der Waals surface area (Å²) in [5.41, 5.74) is -0.329. The van der Waals surface area contributed by atoms with E-state index in [0.717, 1.165) is 6.08 Å². The number of rotatable bonds is 3. The van der Waals surface area contributed by atoms with E-state index in [-0.39, 0.29) is 5.69 Å². The minimum atomic E-state index is -1.37. The summed E-state index contributed by atoms with van der Waals surface area (Å²) in [6.07, 6.45) is 1.08. The second-order valence-corrected chi connectivity index (χ2v) is 2.83. The van der Waals surface area contributed by atoms with Crippen molar-refractivity contribution in [3.8, 4) is 6.07 Å². The number of carboxylic acids is 1. The number of nitrogens with zero attached hydrogens (tertiary/aromatic N) is 2. The molecule has 0 radical (unpaired) electrons. The van der Waals surface area contributed by atoms with E-state index in [4.69, 9.17) is 10.4 Å². The Morgan fingerprint density at radius 2 is 2.25 bits per heavy atom. The zero-order chi connectivity index (χ0) is 12.1. The van der Waals surface area contributed by atoms with E-state index in [1.165, 1.54) is 30.3 Å². The molecule has 0 bridgehead atoms. The van der Waals surface area contributed by atoms with Crippen molar-refractivity contribution in [2.24, 2.45) is 0 Å². The van der Waals surface area contributed by atoms with Crippen LogP contribution in [0.25, 0.3) is 6.08 Å². The first-order chi connectivity index (χ1) is 7.54. The van der Waals surface area contributed by atoms with Gasteiger partial charge in [0.05, 0.1) is 4.92 Å². The van der Waals surface area contributed by atoms with E-state index >= 15 is 0 Å². The predicted octanol–water partition coefficient (Wildman–Crippen LogP) is 1.59. The molecule has 0 saturated heterocycles. The maximum absolute atomic E-state index is 10.5. The maximum Gasteiger partial charge on any atom is 0.346 e. The van der Waals surface area contributed by atoms with Crippen LogP contribution in [0.3, 0.4) is 0 Å². The number of nitriles is 1. The van der Waals surface area contributed by atoms with Gasteiger partial charge in [-0.05, 0) is 11.6 Å². The Hall–Kier alpha value is -2.68. The number of carbonyl (C=O) groups is 1. The molecule has 0 aromatic heterocycles. The number of non-ortho nitro benzene ring substituents is 1. The molecule has 1 rings (SSSR count). The summed E-state index contributed by atoms with van der Waals surface area (Å²) >= 11 is 0. The molecule has 0 aliphatic heterocycles. The summed E-state index contributed by atoms with van der Waals surface area (Å²) in [4.78, 5) is 20.4. The summed E-state index contributed by atoms with van der Waals surface area (Å²) in [5, 5.41) is 27.5. The van der Waals surface area contributed by atoms with Crippen molar-refractivity contribution in [2.45, 2.75) is 0 Å². The predicted molar refractivity (Wildman–Crippen MR) is 54.3 cm³/mol. The molecule has 0 heterocycles. The van der Waals surface area contributed by atoms with Gasteiger partial charge in [-0.2, -0.15) is 5.26 Å². The van der Waals surface area contributed by atoms with Crippen molar-refractivity contribution in [1.82, 2.24) is 0 Å². The van der Waals surface area contributed by atoms with Crippen LogP contribution in [0.2, 0.25) is 0 Å². The quantitative estimate of drug-likeness (QED) is 0.359. The van der Waals surface area contributed by atoms with Crippen molar-refractivity contribution in [2.75, 3.05) is 0 Å². The highest BCUT2D eigenvalue weighted by molar-refractivity contribution is 5.96. The number of nitro benzene ring substituents is 1. The maximum atomic E-state index is 10.5. The summed E-state index contributed by atoms with van der Waals surface area (Å²) in [5.74, 6) is -1.37. The lowest BCUT2D eigenvalue weighted by atomic mass is 10.1. The highest BCUT2D eigenvalue weighted by Gasteiger charge is 2.08. The van der Waals surface area contributed by atoms with Gasteiger partial charge in [-0.3, -0.25) is 10.1 Å². The smallest absolute Gasteiger partial charge is 0.346 e. The first-order valence-corrected chi connectivity index (χ1v) is 4.14. The van der Waals surface area contributed by atoms with Crippen LogP contribution in [0.4, 0.5) is 5.69 Å². The van der Waals surface area contributed by atoms with Crippen LogP contribution in [0, 0.1) is 21.4 Å². The van der Waals surface area contributed by atoms with Crippen molar-refractivity contribution in [3.05, 3.63) is 45.5 Å². The second kappa shape index (κ2) is 4.70. The van der Waals surface area contributed by atoms with Gasteiger partial charge < -0.3 is 5.11 Å². The summed E-state index contributed by atoms with van der Waals surface area (Å²) in [7, 11) is 0. The average molecular weight is 218 g/mol. The van der Waals surface area contributed by atoms with E-state index in [1.807, 2.05) is 0 Å². The summed E-state index contributed by atoms with van der Waals surface area (Å²) < 4.78 is 0. The lowest BCUT2D eigenvalue weighted by molar-refractivity contribution is -0.384. The number of aliphatic carboxylic acids is 1. The fourth-order valence-corrected chi connectivity index (χ4v) is 1.04. The normalized spacial score (nSPS) is 10.6. The Bertz CT molecular complexity index is 514. The third-order valence-electron chi connectivity index (χ3n) is 1.74. The lowest BCUT2D eigenvalue weighted by Crippen LogP contribution is -1.97. The van der Waals surface area contributed by atoms with E-state index in [9.17, 15) is 14.9 Å². The molecule has 0 atom stereocenters. The fraction of sp³-hybridized carbons (Fsp3) is 0. The van der Waals surface area contributed by atoms with Crippen LogP contribution >= 0.6 is 0 Å². The number of hydrogen-bond acceptors (Lipinski definition) is 4. The van der Waals surface area contributed by atoms with Gasteiger partial charge in [0.1, 0.15) is 11.6 Å². The molecule has 80 valence electrons. The standard InChI is InChI=1S/C10H6N2O4/c11-6-8(10(13)14)4-7-2-1-3-9(5-7)12(15)16/h1-5H,(H,13,14)/b8-4+. The molecule has 1 aromatic rings.